The van der Waals surface area contributed by atoms with E-state index in [1.54, 1.807) is 20.8 Å². The molecule has 1 saturated heterocycles. The van der Waals surface area contributed by atoms with Gasteiger partial charge in [-0.15, -0.1) is 0 Å². The number of halogens is 1. The number of aromatic nitrogens is 1. The van der Waals surface area contributed by atoms with Crippen molar-refractivity contribution < 1.29 is 18.5 Å². The van der Waals surface area contributed by atoms with Crippen LogP contribution in [-0.4, -0.2) is 29.6 Å². The van der Waals surface area contributed by atoms with E-state index in [-0.39, 0.29) is 17.6 Å². The van der Waals surface area contributed by atoms with Crippen LogP contribution in [-0.2, 0) is 9.59 Å². The third-order valence-corrected chi connectivity index (χ3v) is 4.30. The summed E-state index contributed by atoms with van der Waals surface area (Å²) in [6.07, 6.45) is 0. The van der Waals surface area contributed by atoms with Crippen LogP contribution >= 0.6 is 0 Å². The van der Waals surface area contributed by atoms with E-state index in [2.05, 4.69) is 10.5 Å². The first-order chi connectivity index (χ1) is 11.4. The molecule has 0 spiro atoms. The van der Waals surface area contributed by atoms with Gasteiger partial charge in [-0.2, -0.15) is 0 Å². The van der Waals surface area contributed by atoms with E-state index in [4.69, 9.17) is 4.52 Å². The average Bonchev–Trinajstić information content (AvgIpc) is 2.89. The molecule has 0 unspecified atom stereocenters. The van der Waals surface area contributed by atoms with Gasteiger partial charge >= 0.3 is 0 Å². The van der Waals surface area contributed by atoms with Gasteiger partial charge < -0.3 is 14.7 Å². The molecular weight excluding hydrogens is 313 g/mol. The molecule has 2 heterocycles. The molecule has 1 aromatic heterocycles. The Morgan fingerprint density at radius 3 is 2.58 bits per heavy atom. The number of nitrogens with one attached hydrogen (secondary N) is 1. The maximum absolute atomic E-state index is 12.9. The Morgan fingerprint density at radius 1 is 1.38 bits per heavy atom. The fraction of sp³-hybridized carbons (Fsp3) is 0.353. The molecule has 2 atom stereocenters. The van der Waals surface area contributed by atoms with Gasteiger partial charge in [0, 0.05) is 11.3 Å². The second-order valence-electron chi connectivity index (χ2n) is 5.95. The minimum atomic E-state index is -0.564. The number of carbonyl (C=O) groups excluding carboxylic acids is 2. The number of hydrogen-bond donors (Lipinski definition) is 1. The van der Waals surface area contributed by atoms with Gasteiger partial charge in [0.15, 0.2) is 0 Å². The van der Waals surface area contributed by atoms with Crippen molar-refractivity contribution in [1.29, 1.82) is 0 Å². The molecule has 1 aromatic carbocycles. The molecule has 0 radical (unpaired) electrons. The molecule has 126 valence electrons. The van der Waals surface area contributed by atoms with Gasteiger partial charge in [-0.05, 0) is 45.0 Å². The number of anilines is 1. The van der Waals surface area contributed by atoms with E-state index in [1.807, 2.05) is 0 Å². The number of aryl methyl sites for hydroxylation is 2. The highest BCUT2D eigenvalue weighted by molar-refractivity contribution is 6.06. The van der Waals surface area contributed by atoms with Gasteiger partial charge in [-0.3, -0.25) is 9.59 Å². The van der Waals surface area contributed by atoms with Crippen LogP contribution in [0.2, 0.25) is 0 Å². The fourth-order valence-corrected chi connectivity index (χ4v) is 2.92. The van der Waals surface area contributed by atoms with Gasteiger partial charge in [0.25, 0.3) is 5.91 Å². The van der Waals surface area contributed by atoms with Crippen LogP contribution in [0, 0.1) is 19.7 Å². The van der Waals surface area contributed by atoms with Crippen LogP contribution in [0.15, 0.2) is 28.8 Å². The lowest BCUT2D eigenvalue weighted by atomic mass is 9.97. The van der Waals surface area contributed by atoms with E-state index in [1.165, 1.54) is 29.2 Å². The molecule has 7 heteroatoms. The first-order valence-electron chi connectivity index (χ1n) is 7.68. The van der Waals surface area contributed by atoms with Gasteiger partial charge in [-0.25, -0.2) is 4.39 Å². The first-order valence-corrected chi connectivity index (χ1v) is 7.68. The molecule has 0 aliphatic carbocycles. The second-order valence-corrected chi connectivity index (χ2v) is 5.95. The Hall–Kier alpha value is -2.70. The molecule has 2 amide bonds. The molecule has 6 nitrogen and oxygen atoms in total. The quantitative estimate of drug-likeness (QED) is 0.870. The van der Waals surface area contributed by atoms with Gasteiger partial charge in [-0.1, -0.05) is 5.16 Å². The van der Waals surface area contributed by atoms with E-state index in [0.29, 0.717) is 23.7 Å². The molecule has 3 rings (SSSR count). The lowest BCUT2D eigenvalue weighted by Crippen LogP contribution is -2.64. The lowest BCUT2D eigenvalue weighted by molar-refractivity contribution is -0.131. The van der Waals surface area contributed by atoms with Crippen molar-refractivity contribution in [2.75, 3.05) is 11.4 Å². The number of nitrogens with zero attached hydrogens (tertiary/aromatic N) is 2. The summed E-state index contributed by atoms with van der Waals surface area (Å²) in [6, 6.07) is 5.11. The van der Waals surface area contributed by atoms with Crippen molar-refractivity contribution in [1.82, 2.24) is 10.5 Å². The zero-order valence-corrected chi connectivity index (χ0v) is 13.7. The molecule has 2 aromatic rings. The summed E-state index contributed by atoms with van der Waals surface area (Å²) in [4.78, 5) is 26.1. The van der Waals surface area contributed by atoms with Crippen LogP contribution in [0.3, 0.4) is 0 Å². The summed E-state index contributed by atoms with van der Waals surface area (Å²) in [5.74, 6) is -0.667. The third kappa shape index (κ3) is 2.77. The topological polar surface area (TPSA) is 75.4 Å². The second kappa shape index (κ2) is 6.07. The number of amides is 2. The predicted molar refractivity (Wildman–Crippen MR) is 85.1 cm³/mol. The van der Waals surface area contributed by atoms with Crippen molar-refractivity contribution in [3.63, 3.8) is 0 Å². The highest BCUT2D eigenvalue weighted by Gasteiger charge is 2.39. The zero-order chi connectivity index (χ0) is 17.4. The number of benzene rings is 1. The number of β-lactam (4-membered cyclic amide) rings is 1. The summed E-state index contributed by atoms with van der Waals surface area (Å²) < 4.78 is 18.0. The van der Waals surface area contributed by atoms with E-state index < -0.39 is 12.0 Å². The lowest BCUT2D eigenvalue weighted by Gasteiger charge is -2.39. The standard InChI is InChI=1S/C17H18FN3O3/c1-9(15-10(2)20-24-11(15)3)16(22)19-14-8-21(17(14)23)13-6-4-12(18)5-7-13/h4-7,9,14H,8H2,1-3H3,(H,19,22)/t9-,14+/m1/s1. The van der Waals surface area contributed by atoms with Crippen LogP contribution in [0.5, 0.6) is 0 Å². The van der Waals surface area contributed by atoms with Crippen LogP contribution in [0.4, 0.5) is 10.1 Å². The molecule has 1 aliphatic heterocycles. The minimum absolute atomic E-state index is 0.207. The molecule has 0 saturated carbocycles. The predicted octanol–water partition coefficient (Wildman–Crippen LogP) is 2.07. The van der Waals surface area contributed by atoms with Gasteiger partial charge in [0.2, 0.25) is 5.91 Å². The normalized spacial score (nSPS) is 18.2. The first kappa shape index (κ1) is 16.2. The smallest absolute Gasteiger partial charge is 0.251 e. The van der Waals surface area contributed by atoms with E-state index in [0.717, 1.165) is 5.56 Å². The summed E-state index contributed by atoms with van der Waals surface area (Å²) in [7, 11) is 0. The number of rotatable bonds is 4. The van der Waals surface area contributed by atoms with Crippen LogP contribution in [0.25, 0.3) is 0 Å². The molecule has 1 aliphatic rings. The molecule has 0 bridgehead atoms. The summed E-state index contributed by atoms with van der Waals surface area (Å²) in [5.41, 5.74) is 2.03. The number of hydrogen-bond acceptors (Lipinski definition) is 4. The van der Waals surface area contributed by atoms with Crippen molar-refractivity contribution in [3.05, 3.63) is 47.1 Å². The van der Waals surface area contributed by atoms with Crippen molar-refractivity contribution in [3.8, 4) is 0 Å². The minimum Gasteiger partial charge on any atom is -0.361 e. The number of carbonyl (C=O) groups is 2. The van der Waals surface area contributed by atoms with Crippen molar-refractivity contribution in [2.45, 2.75) is 32.7 Å². The monoisotopic (exact) mass is 331 g/mol. The highest BCUT2D eigenvalue weighted by atomic mass is 19.1. The Labute approximate surface area is 138 Å². The van der Waals surface area contributed by atoms with Crippen molar-refractivity contribution in [2.24, 2.45) is 0 Å². The Morgan fingerprint density at radius 2 is 2.04 bits per heavy atom. The summed E-state index contributed by atoms with van der Waals surface area (Å²) >= 11 is 0. The molecule has 24 heavy (non-hydrogen) atoms. The Balaban J connectivity index is 1.63. The Kier molecular flexibility index (Phi) is 4.09. The molecular formula is C17H18FN3O3. The summed E-state index contributed by atoms with van der Waals surface area (Å²) in [5, 5.41) is 6.59. The SMILES string of the molecule is Cc1noc(C)c1[C@@H](C)C(=O)N[C@H]1CN(c2ccc(F)cc2)C1=O. The third-order valence-electron chi connectivity index (χ3n) is 4.30. The summed E-state index contributed by atoms with van der Waals surface area (Å²) in [6.45, 7) is 5.65. The van der Waals surface area contributed by atoms with Gasteiger partial charge in [0.1, 0.15) is 17.6 Å². The Bertz CT molecular complexity index is 765. The average molecular weight is 331 g/mol. The van der Waals surface area contributed by atoms with E-state index >= 15 is 0 Å². The van der Waals surface area contributed by atoms with Crippen LogP contribution < -0.4 is 10.2 Å². The zero-order valence-electron chi connectivity index (χ0n) is 13.7. The largest absolute Gasteiger partial charge is 0.361 e. The maximum atomic E-state index is 12.9. The fourth-order valence-electron chi connectivity index (χ4n) is 2.92. The molecule has 1 N–H and O–H groups in total. The van der Waals surface area contributed by atoms with Crippen molar-refractivity contribution >= 4 is 17.5 Å². The highest BCUT2D eigenvalue weighted by Crippen LogP contribution is 2.25. The van der Waals surface area contributed by atoms with Crippen LogP contribution in [0.1, 0.15) is 29.9 Å². The van der Waals surface area contributed by atoms with E-state index in [9.17, 15) is 14.0 Å². The van der Waals surface area contributed by atoms with Gasteiger partial charge in [0.05, 0.1) is 18.2 Å². The maximum Gasteiger partial charge on any atom is 0.251 e. The molecule has 1 fully saturated rings.